The number of nitrogens with zero attached hydrogens (tertiary/aromatic N) is 4. The lowest BCUT2D eigenvalue weighted by Gasteiger charge is -2.36. The quantitative estimate of drug-likeness (QED) is 0.298. The average molecular weight is 511 g/mol. The summed E-state index contributed by atoms with van der Waals surface area (Å²) < 4.78 is 36.3. The number of fused-ring (bicyclic) bond motifs is 1. The molecule has 194 valence electrons. The summed E-state index contributed by atoms with van der Waals surface area (Å²) in [5, 5.41) is 26.9. The molecule has 9 nitrogen and oxygen atoms in total. The first-order valence-corrected chi connectivity index (χ1v) is 12.1. The highest BCUT2D eigenvalue weighted by molar-refractivity contribution is 5.66. The van der Waals surface area contributed by atoms with Gasteiger partial charge >= 0.3 is 0 Å². The minimum Gasteiger partial charge on any atom is -0.491 e. The third-order valence-corrected chi connectivity index (χ3v) is 6.79. The molecule has 0 spiro atoms. The number of imidazole rings is 1. The summed E-state index contributed by atoms with van der Waals surface area (Å²) in [5.74, 6) is -1.18. The molecule has 1 aliphatic rings. The van der Waals surface area contributed by atoms with E-state index in [-0.39, 0.29) is 48.1 Å². The molecule has 3 heterocycles. The number of pyridine rings is 1. The van der Waals surface area contributed by atoms with Crippen LogP contribution in [0.15, 0.2) is 48.9 Å². The Morgan fingerprint density at radius 3 is 2.68 bits per heavy atom. The Morgan fingerprint density at radius 1 is 1.16 bits per heavy atom. The molecule has 5 rings (SSSR count). The molecule has 1 saturated carbocycles. The zero-order valence-electron chi connectivity index (χ0n) is 20.2. The summed E-state index contributed by atoms with van der Waals surface area (Å²) in [5.41, 5.74) is 8.29. The maximum absolute atomic E-state index is 14.8. The number of nitrogens with two attached hydrogens (primary N) is 1. The second-order valence-electron chi connectivity index (χ2n) is 9.36. The minimum atomic E-state index is -0.839. The van der Waals surface area contributed by atoms with Crippen molar-refractivity contribution >= 4 is 17.2 Å². The van der Waals surface area contributed by atoms with Gasteiger partial charge in [0, 0.05) is 24.4 Å². The summed E-state index contributed by atoms with van der Waals surface area (Å²) in [7, 11) is 0. The highest BCUT2D eigenvalue weighted by Crippen LogP contribution is 2.39. The maximum atomic E-state index is 14.8. The van der Waals surface area contributed by atoms with E-state index in [1.807, 2.05) is 13.0 Å². The molecule has 5 N–H and O–H groups in total. The second-order valence-corrected chi connectivity index (χ2v) is 9.36. The van der Waals surface area contributed by atoms with Crippen LogP contribution >= 0.6 is 0 Å². The van der Waals surface area contributed by atoms with E-state index < -0.39 is 17.7 Å². The van der Waals surface area contributed by atoms with Crippen LogP contribution in [0.5, 0.6) is 5.75 Å². The first-order chi connectivity index (χ1) is 17.9. The van der Waals surface area contributed by atoms with E-state index in [2.05, 4.69) is 20.4 Å². The first kappa shape index (κ1) is 25.0. The predicted molar refractivity (Wildman–Crippen MR) is 134 cm³/mol. The third-order valence-electron chi connectivity index (χ3n) is 6.79. The lowest BCUT2D eigenvalue weighted by Crippen LogP contribution is -2.44. The van der Waals surface area contributed by atoms with Crippen molar-refractivity contribution in [1.82, 2.24) is 19.6 Å². The molecule has 1 aliphatic carbocycles. The van der Waals surface area contributed by atoms with Gasteiger partial charge in [-0.2, -0.15) is 9.61 Å². The summed E-state index contributed by atoms with van der Waals surface area (Å²) >= 11 is 0. The van der Waals surface area contributed by atoms with Crippen LogP contribution in [0.1, 0.15) is 31.2 Å². The molecule has 0 aliphatic heterocycles. The van der Waals surface area contributed by atoms with Crippen LogP contribution in [0.25, 0.3) is 16.8 Å². The van der Waals surface area contributed by atoms with E-state index >= 15 is 0 Å². The number of halogens is 2. The minimum absolute atomic E-state index is 0.0211. The maximum Gasteiger partial charge on any atom is 0.229 e. The Kier molecular flexibility index (Phi) is 7.00. The first-order valence-electron chi connectivity index (χ1n) is 12.1. The number of aliphatic hydroxyl groups excluding tert-OH is 2. The predicted octanol–water partition coefficient (Wildman–Crippen LogP) is 3.39. The summed E-state index contributed by atoms with van der Waals surface area (Å²) in [6.07, 6.45) is 5.86. The monoisotopic (exact) mass is 510 g/mol. The number of aromatic nitrogens is 4. The SMILES string of the molecule is CC1CC(c2ccncc2Nc2ncc3ccc(-c4c(F)cc(OCCO)cc4F)nn23)CC(N)C1O. The van der Waals surface area contributed by atoms with E-state index in [4.69, 9.17) is 15.6 Å². The van der Waals surface area contributed by atoms with Gasteiger partial charge in [0.2, 0.25) is 5.95 Å². The van der Waals surface area contributed by atoms with Crippen molar-refractivity contribution in [3.05, 3.63) is 66.1 Å². The van der Waals surface area contributed by atoms with Gasteiger partial charge in [0.15, 0.2) is 0 Å². The molecular weight excluding hydrogens is 482 g/mol. The normalized spacial score (nSPS) is 21.8. The molecule has 4 unspecified atom stereocenters. The molecule has 1 fully saturated rings. The fraction of sp³-hybridized carbons (Fsp3) is 0.346. The van der Waals surface area contributed by atoms with Crippen LogP contribution in [0.4, 0.5) is 20.4 Å². The molecule has 0 saturated heterocycles. The van der Waals surface area contributed by atoms with Crippen molar-refractivity contribution in [3.63, 3.8) is 0 Å². The Labute approximate surface area is 211 Å². The van der Waals surface area contributed by atoms with E-state index in [1.165, 1.54) is 10.6 Å². The van der Waals surface area contributed by atoms with Crippen molar-refractivity contribution in [3.8, 4) is 17.0 Å². The summed E-state index contributed by atoms with van der Waals surface area (Å²) in [6, 6.07) is 6.90. The molecule has 4 atom stereocenters. The number of ether oxygens (including phenoxy) is 1. The number of anilines is 2. The smallest absolute Gasteiger partial charge is 0.229 e. The fourth-order valence-electron chi connectivity index (χ4n) is 4.96. The number of benzene rings is 1. The zero-order chi connectivity index (χ0) is 26.1. The Balaban J connectivity index is 1.47. The van der Waals surface area contributed by atoms with Crippen molar-refractivity contribution in [1.29, 1.82) is 0 Å². The molecule has 4 aromatic rings. The van der Waals surface area contributed by atoms with Crippen LogP contribution in [0.2, 0.25) is 0 Å². The Bertz CT molecular complexity index is 1380. The summed E-state index contributed by atoms with van der Waals surface area (Å²) in [6.45, 7) is 1.64. The van der Waals surface area contributed by atoms with Crippen LogP contribution in [0.3, 0.4) is 0 Å². The van der Waals surface area contributed by atoms with Gasteiger partial charge in [0.25, 0.3) is 0 Å². The fourth-order valence-corrected chi connectivity index (χ4v) is 4.96. The standard InChI is InChI=1S/C26H28F2N6O3/c1-14-8-15(9-21(29)25(14)36)18-4-5-30-13-23(18)32-26-31-12-16-2-3-22(33-34(16)26)24-19(27)10-17(11-20(24)28)37-7-6-35/h2-5,10-15,21,25,35-36H,6-9,29H2,1H3,(H,31,32). The Hall–Kier alpha value is -3.67. The molecule has 3 aromatic heterocycles. The van der Waals surface area contributed by atoms with E-state index in [9.17, 15) is 13.9 Å². The zero-order valence-corrected chi connectivity index (χ0v) is 20.2. The van der Waals surface area contributed by atoms with Gasteiger partial charge < -0.3 is 26.0 Å². The number of hydrogen-bond acceptors (Lipinski definition) is 8. The van der Waals surface area contributed by atoms with Gasteiger partial charge in [-0.25, -0.2) is 13.8 Å². The third kappa shape index (κ3) is 4.97. The lowest BCUT2D eigenvalue weighted by molar-refractivity contribution is 0.0521. The number of rotatable bonds is 7. The van der Waals surface area contributed by atoms with Crippen molar-refractivity contribution in [2.45, 2.75) is 37.8 Å². The van der Waals surface area contributed by atoms with E-state index in [0.717, 1.165) is 24.1 Å². The van der Waals surface area contributed by atoms with Gasteiger partial charge in [-0.05, 0) is 48.4 Å². The van der Waals surface area contributed by atoms with Gasteiger partial charge in [-0.1, -0.05) is 6.92 Å². The van der Waals surface area contributed by atoms with Crippen molar-refractivity contribution in [2.75, 3.05) is 18.5 Å². The summed E-state index contributed by atoms with van der Waals surface area (Å²) in [4.78, 5) is 8.66. The average Bonchev–Trinajstić information content (AvgIpc) is 3.27. The highest BCUT2D eigenvalue weighted by Gasteiger charge is 2.34. The highest BCUT2D eigenvalue weighted by atomic mass is 19.1. The number of hydrogen-bond donors (Lipinski definition) is 4. The molecule has 0 radical (unpaired) electrons. The van der Waals surface area contributed by atoms with Crippen molar-refractivity contribution < 1.29 is 23.7 Å². The topological polar surface area (TPSA) is 131 Å². The van der Waals surface area contributed by atoms with E-state index in [1.54, 1.807) is 24.7 Å². The van der Waals surface area contributed by atoms with Gasteiger partial charge in [-0.15, -0.1) is 0 Å². The largest absolute Gasteiger partial charge is 0.491 e. The Morgan fingerprint density at radius 2 is 1.95 bits per heavy atom. The molecule has 0 bridgehead atoms. The molecule has 11 heteroatoms. The number of aliphatic hydroxyl groups is 2. The van der Waals surface area contributed by atoms with Crippen LogP contribution in [-0.2, 0) is 0 Å². The second kappa shape index (κ2) is 10.4. The molecule has 1 aromatic carbocycles. The van der Waals surface area contributed by atoms with Crippen molar-refractivity contribution in [2.24, 2.45) is 11.7 Å². The van der Waals surface area contributed by atoms with Gasteiger partial charge in [-0.3, -0.25) is 4.98 Å². The van der Waals surface area contributed by atoms with Gasteiger partial charge in [0.05, 0.1) is 47.6 Å². The van der Waals surface area contributed by atoms with E-state index in [0.29, 0.717) is 23.6 Å². The molecular formula is C26H28F2N6O3. The van der Waals surface area contributed by atoms with Crippen LogP contribution in [-0.4, -0.2) is 55.2 Å². The van der Waals surface area contributed by atoms with Gasteiger partial charge in [0.1, 0.15) is 24.0 Å². The lowest BCUT2D eigenvalue weighted by atomic mass is 9.74. The molecule has 0 amide bonds. The van der Waals surface area contributed by atoms with Crippen LogP contribution < -0.4 is 15.8 Å². The van der Waals surface area contributed by atoms with Crippen LogP contribution in [0, 0.1) is 17.6 Å². The molecule has 37 heavy (non-hydrogen) atoms. The number of nitrogens with one attached hydrogen (secondary N) is 1.